The lowest BCUT2D eigenvalue weighted by Gasteiger charge is -2.28. The molecule has 192 valence electrons. The second-order valence-corrected chi connectivity index (χ2v) is 7.62. The highest BCUT2D eigenvalue weighted by Crippen LogP contribution is 2.54. The average Bonchev–Trinajstić information content (AvgIpc) is 2.71. The first-order chi connectivity index (χ1) is 15.9. The predicted molar refractivity (Wildman–Crippen MR) is 100 cm³/mol. The summed E-state index contributed by atoms with van der Waals surface area (Å²) in [6, 6.07) is 4.82. The van der Waals surface area contributed by atoms with Crippen LogP contribution in [-0.4, -0.2) is 34.8 Å². The number of carbonyl (C=O) groups excluding carboxylic acids is 1. The van der Waals surface area contributed by atoms with Crippen molar-refractivity contribution in [1.29, 1.82) is 0 Å². The van der Waals surface area contributed by atoms with Gasteiger partial charge in [-0.15, -0.1) is 0 Å². The number of nitro benzene ring substituents is 1. The zero-order valence-corrected chi connectivity index (χ0v) is 17.3. The molecular formula is C18H10F10N2O4S. The Hall–Kier alpha value is -3.24. The van der Waals surface area contributed by atoms with Crippen LogP contribution in [0.25, 0.3) is 0 Å². The molecule has 0 radical (unpaired) electrons. The van der Waals surface area contributed by atoms with Gasteiger partial charge < -0.3 is 10.1 Å². The minimum absolute atomic E-state index is 0.141. The third-order valence-electron chi connectivity index (χ3n) is 3.96. The van der Waals surface area contributed by atoms with E-state index in [4.69, 9.17) is 4.74 Å². The van der Waals surface area contributed by atoms with Crippen LogP contribution in [-0.2, 0) is 11.0 Å². The quantitative estimate of drug-likeness (QED) is 0.179. The number of nitrogens with one attached hydrogen (secondary N) is 1. The van der Waals surface area contributed by atoms with Crippen LogP contribution in [0, 0.1) is 10.1 Å². The predicted octanol–water partition coefficient (Wildman–Crippen LogP) is 6.51. The molecule has 0 aliphatic heterocycles. The molecule has 0 bridgehead atoms. The van der Waals surface area contributed by atoms with Gasteiger partial charge >= 0.3 is 29.2 Å². The van der Waals surface area contributed by atoms with E-state index in [1.807, 2.05) is 5.32 Å². The van der Waals surface area contributed by atoms with Crippen molar-refractivity contribution < 1.29 is 58.4 Å². The summed E-state index contributed by atoms with van der Waals surface area (Å²) in [6.45, 7) is -1.12. The summed E-state index contributed by atoms with van der Waals surface area (Å²) in [6.07, 6.45) is -11.5. The first-order valence-electron chi connectivity index (χ1n) is 8.75. The van der Waals surface area contributed by atoms with Gasteiger partial charge in [0.2, 0.25) is 0 Å². The van der Waals surface area contributed by atoms with Crippen LogP contribution >= 0.6 is 11.8 Å². The van der Waals surface area contributed by atoms with Crippen molar-refractivity contribution in [2.45, 2.75) is 28.4 Å². The third kappa shape index (κ3) is 6.46. The van der Waals surface area contributed by atoms with Crippen LogP contribution in [0.5, 0.6) is 5.75 Å². The van der Waals surface area contributed by atoms with Gasteiger partial charge in [0.05, 0.1) is 16.2 Å². The van der Waals surface area contributed by atoms with Gasteiger partial charge in [-0.3, -0.25) is 14.9 Å². The van der Waals surface area contributed by atoms with E-state index in [0.29, 0.717) is 18.2 Å². The highest BCUT2D eigenvalue weighted by Gasteiger charge is 2.73. The average molecular weight is 540 g/mol. The van der Waals surface area contributed by atoms with Gasteiger partial charge in [0.1, 0.15) is 0 Å². The van der Waals surface area contributed by atoms with Crippen LogP contribution in [0.3, 0.4) is 0 Å². The number of anilines is 1. The maximum absolute atomic E-state index is 13.7. The molecule has 0 saturated carbocycles. The van der Waals surface area contributed by atoms with Crippen molar-refractivity contribution in [3.63, 3.8) is 0 Å². The second-order valence-electron chi connectivity index (χ2n) is 6.46. The molecule has 17 heteroatoms. The maximum atomic E-state index is 13.7. The maximum Gasteiger partial charge on any atom is 0.460 e. The lowest BCUT2D eigenvalue weighted by molar-refractivity contribution is -0.386. The minimum atomic E-state index is -6.58. The molecule has 0 aliphatic carbocycles. The highest BCUT2D eigenvalue weighted by molar-refractivity contribution is 8.00. The molecule has 0 aromatic heterocycles. The Morgan fingerprint density at radius 2 is 1.57 bits per heavy atom. The monoisotopic (exact) mass is 540 g/mol. The molecule has 35 heavy (non-hydrogen) atoms. The van der Waals surface area contributed by atoms with Crippen molar-refractivity contribution in [1.82, 2.24) is 0 Å². The number of rotatable bonds is 8. The molecule has 2 rings (SSSR count). The topological polar surface area (TPSA) is 81.5 Å². The number of amides is 1. The van der Waals surface area contributed by atoms with Crippen molar-refractivity contribution >= 4 is 29.0 Å². The highest BCUT2D eigenvalue weighted by atomic mass is 32.2. The van der Waals surface area contributed by atoms with Crippen molar-refractivity contribution in [3.8, 4) is 5.75 Å². The molecule has 2 aromatic carbocycles. The van der Waals surface area contributed by atoms with Gasteiger partial charge in [0, 0.05) is 11.0 Å². The van der Waals surface area contributed by atoms with Crippen LogP contribution < -0.4 is 10.1 Å². The zero-order chi connectivity index (χ0) is 26.8. The van der Waals surface area contributed by atoms with E-state index in [1.54, 1.807) is 0 Å². The van der Waals surface area contributed by atoms with Gasteiger partial charge in [0.15, 0.2) is 12.4 Å². The van der Waals surface area contributed by atoms with E-state index < -0.39 is 80.3 Å². The summed E-state index contributed by atoms with van der Waals surface area (Å²) in [4.78, 5) is 20.9. The first-order valence-corrected chi connectivity index (χ1v) is 9.57. The summed E-state index contributed by atoms with van der Waals surface area (Å²) in [5.41, 5.74) is -3.17. The number of nitro groups is 1. The van der Waals surface area contributed by atoms with E-state index in [1.165, 1.54) is 0 Å². The van der Waals surface area contributed by atoms with E-state index in [-0.39, 0.29) is 6.07 Å². The number of thioether (sulfide) groups is 1. The molecule has 1 amide bonds. The number of halogens is 10. The fourth-order valence-electron chi connectivity index (χ4n) is 2.31. The molecule has 0 heterocycles. The van der Waals surface area contributed by atoms with E-state index in [0.717, 1.165) is 18.2 Å². The Morgan fingerprint density at radius 1 is 0.971 bits per heavy atom. The molecule has 2 aromatic rings. The number of nitrogens with zero attached hydrogens (tertiary/aromatic N) is 1. The fraction of sp³-hybridized carbons (Fsp3) is 0.278. The summed E-state index contributed by atoms with van der Waals surface area (Å²) in [5, 5.41) is 7.21. The molecular weight excluding hydrogens is 530 g/mol. The Morgan fingerprint density at radius 3 is 2.11 bits per heavy atom. The standard InChI is InChI=1S/C18H10F10N2O4S/c19-15(20,21)9-5-6-12(11(7-9)30(32)33)34-8-14(31)29-10-3-1-2-4-13(10)35-18(27,28)16(22,23)17(24,25)26/h1-7H,8H2,(H,29,31). The summed E-state index contributed by atoms with van der Waals surface area (Å²) in [7, 11) is 0. The van der Waals surface area contributed by atoms with Crippen LogP contribution in [0.2, 0.25) is 0 Å². The molecule has 0 saturated heterocycles. The van der Waals surface area contributed by atoms with Gasteiger partial charge in [0.25, 0.3) is 5.91 Å². The lowest BCUT2D eigenvalue weighted by atomic mass is 10.2. The van der Waals surface area contributed by atoms with Gasteiger partial charge in [-0.2, -0.15) is 43.9 Å². The zero-order valence-electron chi connectivity index (χ0n) is 16.5. The molecule has 0 unspecified atom stereocenters. The van der Waals surface area contributed by atoms with Crippen molar-refractivity contribution in [2.75, 3.05) is 11.9 Å². The molecule has 0 atom stereocenters. The summed E-state index contributed by atoms with van der Waals surface area (Å²) in [5.74, 6) is -8.44. The van der Waals surface area contributed by atoms with Crippen LogP contribution in [0.1, 0.15) is 5.56 Å². The van der Waals surface area contributed by atoms with E-state index >= 15 is 0 Å². The number of para-hydroxylation sites is 1. The number of hydrogen-bond donors (Lipinski definition) is 1. The summed E-state index contributed by atoms with van der Waals surface area (Å²) >= 11 is -1.18. The van der Waals surface area contributed by atoms with Gasteiger partial charge in [-0.05, 0) is 36.0 Å². The molecule has 1 N–H and O–H groups in total. The number of hydrogen-bond acceptors (Lipinski definition) is 5. The van der Waals surface area contributed by atoms with Gasteiger partial charge in [-0.25, -0.2) is 0 Å². The fourth-order valence-corrected chi connectivity index (χ4v) is 3.21. The van der Waals surface area contributed by atoms with Crippen molar-refractivity contribution in [3.05, 3.63) is 58.1 Å². The van der Waals surface area contributed by atoms with Crippen molar-refractivity contribution in [2.24, 2.45) is 0 Å². The Kier molecular flexibility index (Phi) is 7.83. The smallest absolute Gasteiger partial charge is 0.460 e. The Labute approximate surface area is 192 Å². The first kappa shape index (κ1) is 28.0. The number of carbonyl (C=O) groups is 1. The minimum Gasteiger partial charge on any atom is -0.477 e. The normalized spacial score (nSPS) is 12.9. The second kappa shape index (κ2) is 9.79. The number of ether oxygens (including phenoxy) is 1. The molecule has 0 aliphatic rings. The van der Waals surface area contributed by atoms with Crippen LogP contribution in [0.4, 0.5) is 55.3 Å². The summed E-state index contributed by atoms with van der Waals surface area (Å²) < 4.78 is 134. The largest absolute Gasteiger partial charge is 0.477 e. The van der Waals surface area contributed by atoms with Crippen LogP contribution in [0.15, 0.2) is 47.4 Å². The third-order valence-corrected chi connectivity index (χ3v) is 5.05. The number of alkyl halides is 10. The Bertz CT molecular complexity index is 1110. The van der Waals surface area contributed by atoms with E-state index in [2.05, 4.69) is 0 Å². The molecule has 0 fully saturated rings. The lowest BCUT2D eigenvalue weighted by Crippen LogP contribution is -2.49. The van der Waals surface area contributed by atoms with E-state index in [9.17, 15) is 58.8 Å². The molecule has 0 spiro atoms. The molecule has 6 nitrogen and oxygen atoms in total. The number of benzene rings is 2. The SMILES string of the molecule is O=C(COc1ccc(C(F)(F)F)cc1[N+](=O)[O-])Nc1ccccc1SC(F)(F)C(F)(F)C(F)(F)F. The van der Waals surface area contributed by atoms with Gasteiger partial charge in [-0.1, -0.05) is 12.1 Å². The Balaban J connectivity index is 2.18.